The minimum absolute atomic E-state index is 0.0802. The number of hydrogen-bond donors (Lipinski definition) is 2. The Bertz CT molecular complexity index is 304. The van der Waals surface area contributed by atoms with Gasteiger partial charge in [0.15, 0.2) is 0 Å². The molecule has 4 heteroatoms. The molecule has 0 heterocycles. The summed E-state index contributed by atoms with van der Waals surface area (Å²) in [5.74, 6) is -0.0802. The molecule has 0 bridgehead atoms. The predicted octanol–water partition coefficient (Wildman–Crippen LogP) is 5.42. The van der Waals surface area contributed by atoms with Gasteiger partial charge >= 0.3 is 0 Å². The van der Waals surface area contributed by atoms with E-state index in [1.807, 2.05) is 4.90 Å². The van der Waals surface area contributed by atoms with Gasteiger partial charge in [-0.2, -0.15) is 0 Å². The number of nitrogens with two attached hydrogens (primary N) is 1. The van der Waals surface area contributed by atoms with Crippen LogP contribution in [0.15, 0.2) is 0 Å². The summed E-state index contributed by atoms with van der Waals surface area (Å²) < 4.78 is 0. The normalized spacial score (nSPS) is 12.3. The van der Waals surface area contributed by atoms with Gasteiger partial charge in [-0.25, -0.2) is 0 Å². The average molecular weight is 385 g/mol. The van der Waals surface area contributed by atoms with E-state index in [1.165, 1.54) is 89.9 Å². The van der Waals surface area contributed by atoms with Crippen molar-refractivity contribution < 1.29 is 9.90 Å². The number of rotatable bonds is 20. The number of aliphatic hydroxyl groups excluding tert-OH is 1. The second-order valence-electron chi connectivity index (χ2n) is 8.06. The number of hydrogen-bond acceptors (Lipinski definition) is 3. The summed E-state index contributed by atoms with van der Waals surface area (Å²) in [6.07, 6.45) is 20.3. The molecular weight excluding hydrogens is 336 g/mol. The minimum Gasteiger partial charge on any atom is -0.394 e. The number of unbranched alkanes of at least 4 members (excludes halogenated alkanes) is 14. The highest BCUT2D eigenvalue weighted by atomic mass is 16.3. The predicted molar refractivity (Wildman–Crippen MR) is 117 cm³/mol. The molecule has 1 amide bonds. The fourth-order valence-corrected chi connectivity index (χ4v) is 3.52. The van der Waals surface area contributed by atoms with Gasteiger partial charge in [-0.3, -0.25) is 4.79 Å². The third kappa shape index (κ3) is 16.1. The van der Waals surface area contributed by atoms with Gasteiger partial charge in [-0.1, -0.05) is 104 Å². The summed E-state index contributed by atoms with van der Waals surface area (Å²) in [6.45, 7) is 5.81. The van der Waals surface area contributed by atoms with E-state index >= 15 is 0 Å². The lowest BCUT2D eigenvalue weighted by Gasteiger charge is -2.25. The fraction of sp³-hybridized carbons (Fsp3) is 0.957. The molecular formula is C23H48N2O2. The Hall–Kier alpha value is -0.610. The first-order chi connectivity index (χ1) is 13.2. The standard InChI is InChI=1S/C23H48N2O2/c1-3-5-7-9-11-13-15-17-19-25(23(27)22(24)21-26)20-18-16-14-12-10-8-6-4-2/h22,26H,3-21,24H2,1-2H3/t22-/m0/s1. The average Bonchev–Trinajstić information content (AvgIpc) is 2.69. The first kappa shape index (κ1) is 26.4. The van der Waals surface area contributed by atoms with Crippen molar-refractivity contribution >= 4 is 5.91 Å². The van der Waals surface area contributed by atoms with Crippen LogP contribution >= 0.6 is 0 Å². The van der Waals surface area contributed by atoms with E-state index < -0.39 is 6.04 Å². The molecule has 0 saturated heterocycles. The Morgan fingerprint density at radius 1 is 0.704 bits per heavy atom. The molecule has 0 rings (SSSR count). The zero-order valence-corrected chi connectivity index (χ0v) is 18.4. The van der Waals surface area contributed by atoms with Crippen LogP contribution < -0.4 is 5.73 Å². The molecule has 0 spiro atoms. The summed E-state index contributed by atoms with van der Waals surface area (Å²) in [7, 11) is 0. The molecule has 0 aliphatic rings. The number of carbonyl (C=O) groups excluding carboxylic acids is 1. The molecule has 0 fully saturated rings. The summed E-state index contributed by atoms with van der Waals surface area (Å²) in [4.78, 5) is 14.3. The Morgan fingerprint density at radius 3 is 1.37 bits per heavy atom. The molecule has 0 radical (unpaired) electrons. The van der Waals surface area contributed by atoms with Crippen LogP contribution in [0.4, 0.5) is 0 Å². The molecule has 0 aromatic rings. The first-order valence-corrected chi connectivity index (χ1v) is 11.8. The fourth-order valence-electron chi connectivity index (χ4n) is 3.52. The molecule has 27 heavy (non-hydrogen) atoms. The highest BCUT2D eigenvalue weighted by Gasteiger charge is 2.19. The molecule has 0 aromatic carbocycles. The van der Waals surface area contributed by atoms with E-state index in [4.69, 9.17) is 5.73 Å². The molecule has 4 nitrogen and oxygen atoms in total. The largest absolute Gasteiger partial charge is 0.394 e. The van der Waals surface area contributed by atoms with Crippen molar-refractivity contribution in [3.8, 4) is 0 Å². The van der Waals surface area contributed by atoms with Crippen LogP contribution in [0.1, 0.15) is 117 Å². The first-order valence-electron chi connectivity index (χ1n) is 11.8. The van der Waals surface area contributed by atoms with E-state index in [2.05, 4.69) is 13.8 Å². The van der Waals surface area contributed by atoms with Crippen LogP contribution in [0.2, 0.25) is 0 Å². The third-order valence-corrected chi connectivity index (χ3v) is 5.39. The van der Waals surface area contributed by atoms with Crippen LogP contribution in [0.5, 0.6) is 0 Å². The summed E-state index contributed by atoms with van der Waals surface area (Å²) in [5, 5.41) is 9.21. The van der Waals surface area contributed by atoms with Gasteiger partial charge in [0, 0.05) is 13.1 Å². The second kappa shape index (κ2) is 20.1. The van der Waals surface area contributed by atoms with Gasteiger partial charge < -0.3 is 15.7 Å². The molecule has 162 valence electrons. The smallest absolute Gasteiger partial charge is 0.241 e. The SMILES string of the molecule is CCCCCCCCCCN(CCCCCCCCCC)C(=O)[C@@H](N)CO. The van der Waals surface area contributed by atoms with Crippen LogP contribution in [-0.4, -0.2) is 41.7 Å². The van der Waals surface area contributed by atoms with Crippen molar-refractivity contribution in [1.82, 2.24) is 4.90 Å². The number of nitrogens with zero attached hydrogens (tertiary/aromatic N) is 1. The topological polar surface area (TPSA) is 66.6 Å². The van der Waals surface area contributed by atoms with Crippen molar-refractivity contribution in [3.05, 3.63) is 0 Å². The Morgan fingerprint density at radius 2 is 1.04 bits per heavy atom. The summed E-state index contributed by atoms with van der Waals surface area (Å²) in [5.41, 5.74) is 5.77. The van der Waals surface area contributed by atoms with Gasteiger partial charge in [0.2, 0.25) is 5.91 Å². The van der Waals surface area contributed by atoms with Gasteiger partial charge in [-0.15, -0.1) is 0 Å². The van der Waals surface area contributed by atoms with E-state index in [0.29, 0.717) is 0 Å². The highest BCUT2D eigenvalue weighted by molar-refractivity contribution is 5.81. The number of carbonyl (C=O) groups is 1. The van der Waals surface area contributed by atoms with E-state index in [0.717, 1.165) is 25.9 Å². The van der Waals surface area contributed by atoms with Crippen molar-refractivity contribution in [1.29, 1.82) is 0 Å². The minimum atomic E-state index is -0.756. The molecule has 3 N–H and O–H groups in total. The monoisotopic (exact) mass is 384 g/mol. The van der Waals surface area contributed by atoms with Crippen LogP contribution in [0.3, 0.4) is 0 Å². The molecule has 0 aliphatic carbocycles. The van der Waals surface area contributed by atoms with Crippen LogP contribution in [0, 0.1) is 0 Å². The summed E-state index contributed by atoms with van der Waals surface area (Å²) >= 11 is 0. The number of amides is 1. The molecule has 0 aliphatic heterocycles. The zero-order chi connectivity index (χ0) is 20.2. The van der Waals surface area contributed by atoms with E-state index in [-0.39, 0.29) is 12.5 Å². The van der Waals surface area contributed by atoms with Gasteiger partial charge in [0.25, 0.3) is 0 Å². The van der Waals surface area contributed by atoms with Gasteiger partial charge in [0.05, 0.1) is 6.61 Å². The highest BCUT2D eigenvalue weighted by Crippen LogP contribution is 2.11. The summed E-state index contributed by atoms with van der Waals surface area (Å²) in [6, 6.07) is -0.756. The maximum atomic E-state index is 12.4. The van der Waals surface area contributed by atoms with Crippen molar-refractivity contribution in [2.75, 3.05) is 19.7 Å². The third-order valence-electron chi connectivity index (χ3n) is 5.39. The molecule has 1 atom stereocenters. The van der Waals surface area contributed by atoms with Gasteiger partial charge in [0.1, 0.15) is 6.04 Å². The van der Waals surface area contributed by atoms with E-state index in [1.54, 1.807) is 0 Å². The molecule has 0 unspecified atom stereocenters. The second-order valence-corrected chi connectivity index (χ2v) is 8.06. The Balaban J connectivity index is 3.93. The zero-order valence-electron chi connectivity index (χ0n) is 18.4. The maximum absolute atomic E-state index is 12.4. The lowest BCUT2D eigenvalue weighted by molar-refractivity contribution is -0.133. The quantitative estimate of drug-likeness (QED) is 0.276. The lowest BCUT2D eigenvalue weighted by atomic mass is 10.1. The lowest BCUT2D eigenvalue weighted by Crippen LogP contribution is -2.46. The molecule has 0 aromatic heterocycles. The van der Waals surface area contributed by atoms with Crippen molar-refractivity contribution in [2.24, 2.45) is 5.73 Å². The van der Waals surface area contributed by atoms with Crippen LogP contribution in [-0.2, 0) is 4.79 Å². The Kier molecular flexibility index (Phi) is 19.7. The maximum Gasteiger partial charge on any atom is 0.241 e. The van der Waals surface area contributed by atoms with Crippen LogP contribution in [0.25, 0.3) is 0 Å². The molecule has 0 saturated carbocycles. The van der Waals surface area contributed by atoms with Crippen molar-refractivity contribution in [3.63, 3.8) is 0 Å². The van der Waals surface area contributed by atoms with Gasteiger partial charge in [-0.05, 0) is 12.8 Å². The Labute approximate surface area is 169 Å². The number of aliphatic hydroxyl groups is 1. The van der Waals surface area contributed by atoms with E-state index in [9.17, 15) is 9.90 Å². The van der Waals surface area contributed by atoms with Crippen molar-refractivity contribution in [2.45, 2.75) is 123 Å².